The fourth-order valence-electron chi connectivity index (χ4n) is 1.38. The van der Waals surface area contributed by atoms with E-state index in [2.05, 4.69) is 0 Å². The Balaban J connectivity index is 2.63. The molecule has 0 aliphatic heterocycles. The lowest BCUT2D eigenvalue weighted by Gasteiger charge is -2.17. The summed E-state index contributed by atoms with van der Waals surface area (Å²) in [6.45, 7) is -0.113. The number of nitrogens with zero attached hydrogens (tertiary/aromatic N) is 1. The zero-order valence-electron chi connectivity index (χ0n) is 10.6. The maximum Gasteiger partial charge on any atom is 0.323 e. The Bertz CT molecular complexity index is 482. The van der Waals surface area contributed by atoms with E-state index in [0.717, 1.165) is 11.3 Å². The Morgan fingerprint density at radius 1 is 1.58 bits per heavy atom. The first kappa shape index (κ1) is 16.1. The van der Waals surface area contributed by atoms with Crippen LogP contribution >= 0.6 is 35.6 Å². The minimum Gasteiger partial charge on any atom is -0.496 e. The number of benzene rings is 1. The van der Waals surface area contributed by atoms with Crippen LogP contribution in [0.15, 0.2) is 18.2 Å². The van der Waals surface area contributed by atoms with Crippen LogP contribution in [0.3, 0.4) is 0 Å². The standard InChI is InChI=1S/C12H14ClNO3S2/c1-14(6-11(15)16)12(18)19-7-8-5-9(13)3-4-10(8)17-2/h3-5H,6-7H2,1-2H3,(H,15,16). The molecule has 1 aromatic rings. The number of ether oxygens (including phenoxy) is 1. The Kier molecular flexibility index (Phi) is 6.41. The smallest absolute Gasteiger partial charge is 0.323 e. The summed E-state index contributed by atoms with van der Waals surface area (Å²) in [7, 11) is 3.24. The SMILES string of the molecule is COc1ccc(Cl)cc1CSC(=S)N(C)CC(=O)O. The maximum absolute atomic E-state index is 10.6. The second-order valence-corrected chi connectivity index (χ2v) is 5.81. The van der Waals surface area contributed by atoms with Crippen molar-refractivity contribution in [3.8, 4) is 5.75 Å². The summed E-state index contributed by atoms with van der Waals surface area (Å²) in [5.74, 6) is 0.401. The minimum atomic E-state index is -0.911. The molecule has 19 heavy (non-hydrogen) atoms. The predicted octanol–water partition coefficient (Wildman–Crippen LogP) is 2.88. The number of carboxylic acid groups (broad SMARTS) is 1. The fraction of sp³-hybridized carbons (Fsp3) is 0.333. The Morgan fingerprint density at radius 3 is 2.84 bits per heavy atom. The van der Waals surface area contributed by atoms with E-state index in [-0.39, 0.29) is 6.54 Å². The molecule has 1 rings (SSSR count). The third kappa shape index (κ3) is 5.26. The quantitative estimate of drug-likeness (QED) is 0.842. The van der Waals surface area contributed by atoms with Crippen molar-refractivity contribution in [2.75, 3.05) is 20.7 Å². The zero-order chi connectivity index (χ0) is 14.4. The van der Waals surface area contributed by atoms with E-state index in [9.17, 15) is 4.79 Å². The molecule has 0 aliphatic carbocycles. The maximum atomic E-state index is 10.6. The van der Waals surface area contributed by atoms with E-state index in [1.165, 1.54) is 16.7 Å². The number of rotatable bonds is 5. The van der Waals surface area contributed by atoms with Crippen molar-refractivity contribution in [3.63, 3.8) is 0 Å². The topological polar surface area (TPSA) is 49.8 Å². The summed E-state index contributed by atoms with van der Waals surface area (Å²) in [5.41, 5.74) is 0.922. The van der Waals surface area contributed by atoms with Crippen LogP contribution in [0.1, 0.15) is 5.56 Å². The van der Waals surface area contributed by atoms with Gasteiger partial charge in [-0.2, -0.15) is 0 Å². The van der Waals surface area contributed by atoms with Gasteiger partial charge in [-0.3, -0.25) is 4.79 Å². The van der Waals surface area contributed by atoms with Gasteiger partial charge in [0, 0.05) is 23.4 Å². The summed E-state index contributed by atoms with van der Waals surface area (Å²) in [6, 6.07) is 5.36. The molecule has 0 unspecified atom stereocenters. The molecule has 0 heterocycles. The number of halogens is 1. The molecule has 0 amide bonds. The fourth-order valence-corrected chi connectivity index (χ4v) is 2.60. The van der Waals surface area contributed by atoms with E-state index >= 15 is 0 Å². The van der Waals surface area contributed by atoms with Crippen LogP contribution in [0.4, 0.5) is 0 Å². The van der Waals surface area contributed by atoms with Gasteiger partial charge in [0.2, 0.25) is 0 Å². The van der Waals surface area contributed by atoms with Crippen LogP contribution in [0, 0.1) is 0 Å². The van der Waals surface area contributed by atoms with Crippen LogP contribution < -0.4 is 4.74 Å². The number of carbonyl (C=O) groups is 1. The molecule has 1 N–H and O–H groups in total. The molecule has 0 radical (unpaired) electrons. The largest absolute Gasteiger partial charge is 0.496 e. The summed E-state index contributed by atoms with van der Waals surface area (Å²) >= 11 is 12.5. The van der Waals surface area contributed by atoms with E-state index in [0.29, 0.717) is 15.1 Å². The molecule has 0 spiro atoms. The molecule has 0 bridgehead atoms. The monoisotopic (exact) mass is 319 g/mol. The van der Waals surface area contributed by atoms with Gasteiger partial charge in [0.05, 0.1) is 7.11 Å². The van der Waals surface area contributed by atoms with Gasteiger partial charge in [-0.15, -0.1) is 0 Å². The number of carboxylic acids is 1. The first-order valence-electron chi connectivity index (χ1n) is 5.36. The van der Waals surface area contributed by atoms with Crippen molar-refractivity contribution in [1.82, 2.24) is 4.90 Å². The Morgan fingerprint density at radius 2 is 2.26 bits per heavy atom. The van der Waals surface area contributed by atoms with Gasteiger partial charge in [0.1, 0.15) is 16.6 Å². The lowest BCUT2D eigenvalue weighted by molar-refractivity contribution is -0.137. The van der Waals surface area contributed by atoms with Crippen LogP contribution in [-0.2, 0) is 10.5 Å². The van der Waals surface area contributed by atoms with Crippen molar-refractivity contribution in [1.29, 1.82) is 0 Å². The van der Waals surface area contributed by atoms with Gasteiger partial charge in [0.15, 0.2) is 0 Å². The third-order valence-electron chi connectivity index (χ3n) is 2.28. The summed E-state index contributed by atoms with van der Waals surface area (Å²) in [5, 5.41) is 9.31. The lowest BCUT2D eigenvalue weighted by atomic mass is 10.2. The molecule has 0 fully saturated rings. The highest BCUT2D eigenvalue weighted by molar-refractivity contribution is 8.22. The molecule has 4 nitrogen and oxygen atoms in total. The average Bonchev–Trinajstić information content (AvgIpc) is 2.35. The molecule has 0 saturated heterocycles. The molecule has 0 aromatic heterocycles. The van der Waals surface area contributed by atoms with Crippen molar-refractivity contribution < 1.29 is 14.6 Å². The Hall–Kier alpha value is -0.980. The van der Waals surface area contributed by atoms with E-state index in [1.54, 1.807) is 26.3 Å². The van der Waals surface area contributed by atoms with Gasteiger partial charge in [0.25, 0.3) is 0 Å². The summed E-state index contributed by atoms with van der Waals surface area (Å²) in [6.07, 6.45) is 0. The highest BCUT2D eigenvalue weighted by Crippen LogP contribution is 2.27. The first-order valence-corrected chi connectivity index (χ1v) is 7.13. The Labute approximate surface area is 126 Å². The number of aliphatic carboxylic acids is 1. The van der Waals surface area contributed by atoms with Crippen LogP contribution in [0.25, 0.3) is 0 Å². The number of hydrogen-bond donors (Lipinski definition) is 1. The first-order chi connectivity index (χ1) is 8.93. The molecule has 7 heteroatoms. The zero-order valence-corrected chi connectivity index (χ0v) is 12.9. The van der Waals surface area contributed by atoms with E-state index in [1.807, 2.05) is 6.07 Å². The lowest BCUT2D eigenvalue weighted by Crippen LogP contribution is -2.28. The highest BCUT2D eigenvalue weighted by Gasteiger charge is 2.11. The molecule has 0 saturated carbocycles. The third-order valence-corrected chi connectivity index (χ3v) is 4.19. The number of methoxy groups -OCH3 is 1. The van der Waals surface area contributed by atoms with Gasteiger partial charge >= 0.3 is 5.97 Å². The van der Waals surface area contributed by atoms with Crippen molar-refractivity contribution in [3.05, 3.63) is 28.8 Å². The molecule has 1 aromatic carbocycles. The molecule has 0 aliphatic rings. The van der Waals surface area contributed by atoms with Gasteiger partial charge in [-0.1, -0.05) is 35.6 Å². The van der Waals surface area contributed by atoms with Gasteiger partial charge in [-0.05, 0) is 18.2 Å². The number of thioether (sulfide) groups is 1. The second kappa shape index (κ2) is 7.57. The highest BCUT2D eigenvalue weighted by atomic mass is 35.5. The summed E-state index contributed by atoms with van der Waals surface area (Å²) in [4.78, 5) is 12.1. The second-order valence-electron chi connectivity index (χ2n) is 3.76. The van der Waals surface area contributed by atoms with Crippen LogP contribution in [-0.4, -0.2) is 41.0 Å². The van der Waals surface area contributed by atoms with Crippen LogP contribution in [0.2, 0.25) is 5.02 Å². The van der Waals surface area contributed by atoms with Gasteiger partial charge in [-0.25, -0.2) is 0 Å². The molecule has 104 valence electrons. The molecular formula is C12H14ClNO3S2. The van der Waals surface area contributed by atoms with Crippen molar-refractivity contribution >= 4 is 45.9 Å². The van der Waals surface area contributed by atoms with Crippen LogP contribution in [0.5, 0.6) is 5.75 Å². The minimum absolute atomic E-state index is 0.113. The average molecular weight is 320 g/mol. The number of hydrogen-bond acceptors (Lipinski definition) is 4. The molecular weight excluding hydrogens is 306 g/mol. The van der Waals surface area contributed by atoms with E-state index < -0.39 is 5.97 Å². The van der Waals surface area contributed by atoms with E-state index in [4.69, 9.17) is 33.7 Å². The normalized spacial score (nSPS) is 10.1. The van der Waals surface area contributed by atoms with Crippen molar-refractivity contribution in [2.45, 2.75) is 5.75 Å². The summed E-state index contributed by atoms with van der Waals surface area (Å²) < 4.78 is 5.75. The number of likely N-dealkylation sites (N-methyl/N-ethyl adjacent to an activating group) is 1. The van der Waals surface area contributed by atoms with Gasteiger partial charge < -0.3 is 14.7 Å². The molecule has 0 atom stereocenters. The predicted molar refractivity (Wildman–Crippen MR) is 82.2 cm³/mol. The van der Waals surface area contributed by atoms with Crippen molar-refractivity contribution in [2.24, 2.45) is 0 Å². The number of thiocarbonyl (C=S) groups is 1.